The van der Waals surface area contributed by atoms with Crippen LogP contribution in [-0.2, 0) is 6.18 Å². The molecule has 2 aromatic carbocycles. The maximum absolute atomic E-state index is 12.8. The lowest BCUT2D eigenvalue weighted by Gasteiger charge is -2.22. The summed E-state index contributed by atoms with van der Waals surface area (Å²) in [4.78, 5) is 2.52. The van der Waals surface area contributed by atoms with Crippen LogP contribution in [0, 0.1) is 0 Å². The minimum Gasteiger partial charge on any atom is -0.449 e. The fourth-order valence-electron chi connectivity index (χ4n) is 1.90. The van der Waals surface area contributed by atoms with Gasteiger partial charge >= 0.3 is 6.18 Å². The first kappa shape index (κ1) is 13.1. The van der Waals surface area contributed by atoms with Crippen molar-refractivity contribution in [2.45, 2.75) is 6.18 Å². The molecule has 0 N–H and O–H groups in total. The lowest BCUT2D eigenvalue weighted by atomic mass is 10.1. The molecule has 5 nitrogen and oxygen atoms in total. The molecule has 3 rings (SSSR count). The van der Waals surface area contributed by atoms with Crippen LogP contribution < -0.4 is 9.47 Å². The Bertz CT molecular complexity index is 768. The Morgan fingerprint density at radius 3 is 2.29 bits per heavy atom. The highest BCUT2D eigenvalue weighted by atomic mass is 19.4. The molecule has 106 valence electrons. The first-order valence-electron chi connectivity index (χ1n) is 5.74. The molecule has 0 radical (unpaired) electrons. The number of nitrogens with zero attached hydrogens (tertiary/aromatic N) is 3. The maximum atomic E-state index is 12.8. The molecule has 0 saturated heterocycles. The molecule has 0 fully saturated rings. The third kappa shape index (κ3) is 2.32. The molecule has 2 aromatic rings. The highest BCUT2D eigenvalue weighted by Crippen LogP contribution is 2.51. The first-order valence-corrected chi connectivity index (χ1v) is 5.74. The van der Waals surface area contributed by atoms with Gasteiger partial charge in [-0.05, 0) is 29.8 Å². The summed E-state index contributed by atoms with van der Waals surface area (Å²) >= 11 is 0. The zero-order valence-corrected chi connectivity index (χ0v) is 10.3. The van der Waals surface area contributed by atoms with Crippen molar-refractivity contribution < 1.29 is 22.6 Å². The molecule has 0 unspecified atom stereocenters. The Balaban J connectivity index is 2.18. The van der Waals surface area contributed by atoms with Crippen molar-refractivity contribution in [1.29, 1.82) is 0 Å². The Kier molecular flexibility index (Phi) is 2.88. The number of ether oxygens (including phenoxy) is 2. The van der Waals surface area contributed by atoms with E-state index in [9.17, 15) is 13.2 Å². The van der Waals surface area contributed by atoms with E-state index in [1.54, 1.807) is 24.3 Å². The average Bonchev–Trinajstić information content (AvgIpc) is 2.44. The zero-order chi connectivity index (χ0) is 15.0. The molecular weight excluding hydrogens is 287 g/mol. The van der Waals surface area contributed by atoms with Gasteiger partial charge in [-0.15, -0.1) is 0 Å². The minimum atomic E-state index is -4.59. The Hall–Kier alpha value is -2.86. The smallest absolute Gasteiger partial charge is 0.416 e. The van der Waals surface area contributed by atoms with Crippen molar-refractivity contribution in [1.82, 2.24) is 0 Å². The van der Waals surface area contributed by atoms with Gasteiger partial charge in [-0.1, -0.05) is 17.2 Å². The second kappa shape index (κ2) is 4.60. The SMILES string of the molecule is [N-]=[N+]=Nc1cc(C(F)(F)F)cc2c1Oc1ccccc1O2. The number of fused-ring (bicyclic) bond motifs is 2. The van der Waals surface area contributed by atoms with Gasteiger partial charge in [0, 0.05) is 4.91 Å². The van der Waals surface area contributed by atoms with Crippen molar-refractivity contribution in [3.8, 4) is 23.0 Å². The van der Waals surface area contributed by atoms with Gasteiger partial charge in [-0.25, -0.2) is 0 Å². The largest absolute Gasteiger partial charge is 0.449 e. The van der Waals surface area contributed by atoms with Crippen LogP contribution in [0.3, 0.4) is 0 Å². The number of hydrogen-bond donors (Lipinski definition) is 0. The van der Waals surface area contributed by atoms with Gasteiger partial charge in [0.1, 0.15) is 0 Å². The summed E-state index contributed by atoms with van der Waals surface area (Å²) in [5, 5.41) is 3.24. The topological polar surface area (TPSA) is 67.2 Å². The van der Waals surface area contributed by atoms with Crippen LogP contribution in [0.15, 0.2) is 41.5 Å². The van der Waals surface area contributed by atoms with Crippen molar-refractivity contribution in [2.24, 2.45) is 5.11 Å². The van der Waals surface area contributed by atoms with Gasteiger partial charge in [-0.3, -0.25) is 0 Å². The summed E-state index contributed by atoms with van der Waals surface area (Å²) in [6.45, 7) is 0. The second-order valence-corrected chi connectivity index (χ2v) is 4.16. The molecule has 0 aliphatic carbocycles. The van der Waals surface area contributed by atoms with E-state index in [1.807, 2.05) is 0 Å². The number of para-hydroxylation sites is 2. The standard InChI is InChI=1S/C13H6F3N3O2/c14-13(15,16)7-5-8(18-19-17)12-11(6-7)20-9-3-1-2-4-10(9)21-12/h1-6H. The van der Waals surface area contributed by atoms with E-state index in [2.05, 4.69) is 10.0 Å². The van der Waals surface area contributed by atoms with Crippen molar-refractivity contribution in [2.75, 3.05) is 0 Å². The van der Waals surface area contributed by atoms with Gasteiger partial charge < -0.3 is 9.47 Å². The van der Waals surface area contributed by atoms with Crippen LogP contribution in [-0.4, -0.2) is 0 Å². The van der Waals surface area contributed by atoms with Crippen LogP contribution in [0.2, 0.25) is 0 Å². The molecule has 21 heavy (non-hydrogen) atoms. The molecule has 0 atom stereocenters. The molecule has 0 saturated carbocycles. The van der Waals surface area contributed by atoms with Gasteiger partial charge in [-0.2, -0.15) is 13.2 Å². The summed E-state index contributed by atoms with van der Waals surface area (Å²) in [6, 6.07) is 8.03. The predicted molar refractivity (Wildman–Crippen MR) is 66.8 cm³/mol. The molecule has 0 bridgehead atoms. The summed E-state index contributed by atoms with van der Waals surface area (Å²) < 4.78 is 49.4. The van der Waals surface area contributed by atoms with Crippen LogP contribution in [0.5, 0.6) is 23.0 Å². The van der Waals surface area contributed by atoms with Gasteiger partial charge in [0.2, 0.25) is 0 Å². The highest BCUT2D eigenvalue weighted by molar-refractivity contribution is 5.67. The van der Waals surface area contributed by atoms with Gasteiger partial charge in [0.15, 0.2) is 23.0 Å². The van der Waals surface area contributed by atoms with E-state index < -0.39 is 11.7 Å². The van der Waals surface area contributed by atoms with Crippen molar-refractivity contribution in [3.63, 3.8) is 0 Å². The van der Waals surface area contributed by atoms with E-state index >= 15 is 0 Å². The van der Waals surface area contributed by atoms with Crippen molar-refractivity contribution >= 4 is 5.69 Å². The summed E-state index contributed by atoms with van der Waals surface area (Å²) in [6.07, 6.45) is -4.59. The molecular formula is C13H6F3N3O2. The normalized spacial score (nSPS) is 12.3. The number of halogens is 3. The third-order valence-electron chi connectivity index (χ3n) is 2.80. The fourth-order valence-corrected chi connectivity index (χ4v) is 1.90. The van der Waals surface area contributed by atoms with Gasteiger partial charge in [0.05, 0.1) is 11.3 Å². The number of rotatable bonds is 1. The first-order chi connectivity index (χ1) is 9.99. The summed E-state index contributed by atoms with van der Waals surface area (Å²) in [5.41, 5.74) is 7.23. The number of azide groups is 1. The van der Waals surface area contributed by atoms with Crippen molar-refractivity contribution in [3.05, 3.63) is 52.4 Å². The maximum Gasteiger partial charge on any atom is 0.416 e. The number of hydrogen-bond acceptors (Lipinski definition) is 3. The minimum absolute atomic E-state index is 0.0421. The predicted octanol–water partition coefficient (Wildman–Crippen LogP) is 5.55. The second-order valence-electron chi connectivity index (χ2n) is 4.16. The quantitative estimate of drug-likeness (QED) is 0.335. The molecule has 0 aromatic heterocycles. The fraction of sp³-hybridized carbons (Fsp3) is 0.0769. The lowest BCUT2D eigenvalue weighted by Crippen LogP contribution is -2.07. The van der Waals surface area contributed by atoms with Crippen LogP contribution in [0.25, 0.3) is 10.4 Å². The van der Waals surface area contributed by atoms with Gasteiger partial charge in [0.25, 0.3) is 0 Å². The third-order valence-corrected chi connectivity index (χ3v) is 2.80. The average molecular weight is 293 g/mol. The van der Waals surface area contributed by atoms with Crippen LogP contribution >= 0.6 is 0 Å². The Morgan fingerprint density at radius 2 is 1.67 bits per heavy atom. The molecule has 0 amide bonds. The van der Waals surface area contributed by atoms with Crippen LogP contribution in [0.4, 0.5) is 18.9 Å². The van der Waals surface area contributed by atoms with Crippen LogP contribution in [0.1, 0.15) is 5.56 Å². The molecule has 1 heterocycles. The van der Waals surface area contributed by atoms with E-state index in [-0.39, 0.29) is 22.9 Å². The lowest BCUT2D eigenvalue weighted by molar-refractivity contribution is -0.137. The zero-order valence-electron chi connectivity index (χ0n) is 10.3. The Labute approximate surface area is 116 Å². The highest BCUT2D eigenvalue weighted by Gasteiger charge is 2.34. The molecule has 8 heteroatoms. The van der Waals surface area contributed by atoms with E-state index in [4.69, 9.17) is 15.0 Å². The van der Waals surface area contributed by atoms with E-state index in [0.717, 1.165) is 12.1 Å². The number of benzene rings is 2. The molecule has 1 aliphatic heterocycles. The number of alkyl halides is 3. The molecule has 0 spiro atoms. The summed E-state index contributed by atoms with van der Waals surface area (Å²) in [5.74, 6) is 0.431. The monoisotopic (exact) mass is 293 g/mol. The molecule has 1 aliphatic rings. The Morgan fingerprint density at radius 1 is 1.00 bits per heavy atom. The van der Waals surface area contributed by atoms with E-state index in [0.29, 0.717) is 5.75 Å². The summed E-state index contributed by atoms with van der Waals surface area (Å²) in [7, 11) is 0. The van der Waals surface area contributed by atoms with E-state index in [1.165, 1.54) is 0 Å².